The first kappa shape index (κ1) is 15.7. The van der Waals surface area contributed by atoms with Crippen molar-refractivity contribution in [1.82, 2.24) is 9.80 Å². The Balaban J connectivity index is 1.39. The molecule has 1 heterocycles. The first-order valence-corrected chi connectivity index (χ1v) is 9.07. The minimum absolute atomic E-state index is 0.160. The summed E-state index contributed by atoms with van der Waals surface area (Å²) in [7, 11) is 0. The van der Waals surface area contributed by atoms with Gasteiger partial charge >= 0.3 is 0 Å². The first-order chi connectivity index (χ1) is 10.2. The Morgan fingerprint density at radius 3 is 2.38 bits per heavy atom. The summed E-state index contributed by atoms with van der Waals surface area (Å²) in [4.78, 5) is 5.33. The number of hydrogen-bond acceptors (Lipinski definition) is 4. The van der Waals surface area contributed by atoms with Gasteiger partial charge in [0.05, 0.1) is 6.61 Å². The van der Waals surface area contributed by atoms with Crippen LogP contribution in [0.5, 0.6) is 0 Å². The topological polar surface area (TPSA) is 52.7 Å². The van der Waals surface area contributed by atoms with E-state index in [4.69, 9.17) is 5.73 Å². The van der Waals surface area contributed by atoms with Crippen LogP contribution in [-0.2, 0) is 0 Å². The minimum atomic E-state index is -0.286. The molecular weight excluding hydrogens is 262 g/mol. The van der Waals surface area contributed by atoms with E-state index in [1.165, 1.54) is 77.7 Å². The molecule has 122 valence electrons. The van der Waals surface area contributed by atoms with Crippen LogP contribution in [0, 0.1) is 5.92 Å². The summed E-state index contributed by atoms with van der Waals surface area (Å²) >= 11 is 0. The van der Waals surface area contributed by atoms with Crippen LogP contribution in [0.2, 0.25) is 0 Å². The molecular formula is C17H33N3O. The molecule has 1 aliphatic heterocycles. The summed E-state index contributed by atoms with van der Waals surface area (Å²) in [6.07, 6.45) is 10.3. The fourth-order valence-corrected chi connectivity index (χ4v) is 4.77. The van der Waals surface area contributed by atoms with Crippen molar-refractivity contribution in [3.8, 4) is 0 Å². The van der Waals surface area contributed by atoms with Crippen molar-refractivity contribution in [3.05, 3.63) is 0 Å². The zero-order valence-electron chi connectivity index (χ0n) is 13.5. The van der Waals surface area contributed by atoms with Crippen LogP contribution in [0.3, 0.4) is 0 Å². The molecule has 0 bridgehead atoms. The van der Waals surface area contributed by atoms with E-state index in [2.05, 4.69) is 9.80 Å². The molecule has 1 saturated heterocycles. The third kappa shape index (κ3) is 3.61. The molecule has 0 aromatic heterocycles. The van der Waals surface area contributed by atoms with E-state index in [-0.39, 0.29) is 12.1 Å². The van der Waals surface area contributed by atoms with Crippen LogP contribution in [0.15, 0.2) is 0 Å². The molecule has 4 nitrogen and oxygen atoms in total. The van der Waals surface area contributed by atoms with E-state index in [0.29, 0.717) is 5.92 Å². The van der Waals surface area contributed by atoms with E-state index >= 15 is 0 Å². The van der Waals surface area contributed by atoms with Gasteiger partial charge in [-0.25, -0.2) is 0 Å². The van der Waals surface area contributed by atoms with Crippen LogP contribution in [0.25, 0.3) is 0 Å². The molecule has 2 aliphatic carbocycles. The lowest BCUT2D eigenvalue weighted by Crippen LogP contribution is -2.51. The Hall–Kier alpha value is -0.160. The van der Waals surface area contributed by atoms with Crippen LogP contribution in [-0.4, -0.2) is 65.8 Å². The molecule has 2 unspecified atom stereocenters. The molecule has 0 aromatic rings. The second kappa shape index (κ2) is 6.95. The molecule has 2 saturated carbocycles. The zero-order valence-corrected chi connectivity index (χ0v) is 13.5. The number of aliphatic hydroxyl groups excluding tert-OH is 1. The van der Waals surface area contributed by atoms with Gasteiger partial charge in [0.25, 0.3) is 0 Å². The molecule has 0 radical (unpaired) electrons. The predicted octanol–water partition coefficient (Wildman–Crippen LogP) is 1.43. The zero-order chi connectivity index (χ0) is 14.7. The van der Waals surface area contributed by atoms with Crippen molar-refractivity contribution < 1.29 is 5.11 Å². The van der Waals surface area contributed by atoms with Gasteiger partial charge in [0.2, 0.25) is 0 Å². The van der Waals surface area contributed by atoms with E-state index in [9.17, 15) is 5.11 Å². The molecule has 0 amide bonds. The van der Waals surface area contributed by atoms with Crippen molar-refractivity contribution in [2.75, 3.05) is 39.3 Å². The highest BCUT2D eigenvalue weighted by Crippen LogP contribution is 2.35. The summed E-state index contributed by atoms with van der Waals surface area (Å²) in [5.41, 5.74) is 6.06. The van der Waals surface area contributed by atoms with Crippen molar-refractivity contribution in [2.24, 2.45) is 11.7 Å². The van der Waals surface area contributed by atoms with Crippen LogP contribution in [0.4, 0.5) is 0 Å². The van der Waals surface area contributed by atoms with Gasteiger partial charge in [-0.05, 0) is 44.6 Å². The highest BCUT2D eigenvalue weighted by Gasteiger charge is 2.38. The number of nitrogens with two attached hydrogens (primary N) is 1. The average Bonchev–Trinajstić information content (AvgIpc) is 3.16. The van der Waals surface area contributed by atoms with Crippen molar-refractivity contribution in [2.45, 2.75) is 62.9 Å². The van der Waals surface area contributed by atoms with Gasteiger partial charge in [-0.2, -0.15) is 0 Å². The molecule has 3 rings (SSSR count). The first-order valence-electron chi connectivity index (χ1n) is 9.07. The van der Waals surface area contributed by atoms with Gasteiger partial charge in [0, 0.05) is 37.8 Å². The lowest BCUT2D eigenvalue weighted by atomic mass is 9.86. The Bertz CT molecular complexity index is 324. The van der Waals surface area contributed by atoms with Crippen LogP contribution >= 0.6 is 0 Å². The van der Waals surface area contributed by atoms with Gasteiger partial charge in [0.1, 0.15) is 0 Å². The lowest BCUT2D eigenvalue weighted by molar-refractivity contribution is 0.0867. The SMILES string of the molecule is NC1(CO)CCCC1CCN1CCN(C2CCCC2)CC1. The Morgan fingerprint density at radius 1 is 1.00 bits per heavy atom. The third-order valence-corrected chi connectivity index (χ3v) is 6.34. The van der Waals surface area contributed by atoms with Crippen molar-refractivity contribution in [1.29, 1.82) is 0 Å². The summed E-state index contributed by atoms with van der Waals surface area (Å²) in [6, 6.07) is 0.882. The monoisotopic (exact) mass is 295 g/mol. The Labute approximate surface area is 129 Å². The highest BCUT2D eigenvalue weighted by molar-refractivity contribution is 4.96. The number of hydrogen-bond donors (Lipinski definition) is 2. The molecule has 4 heteroatoms. The van der Waals surface area contributed by atoms with Gasteiger partial charge in [0.15, 0.2) is 0 Å². The minimum Gasteiger partial charge on any atom is -0.394 e. The third-order valence-electron chi connectivity index (χ3n) is 6.34. The Kier molecular flexibility index (Phi) is 5.20. The maximum atomic E-state index is 9.54. The molecule has 3 fully saturated rings. The summed E-state index contributed by atoms with van der Waals surface area (Å²) in [5.74, 6) is 0.523. The van der Waals surface area contributed by atoms with Gasteiger partial charge in [-0.15, -0.1) is 0 Å². The van der Waals surface area contributed by atoms with E-state index in [1.54, 1.807) is 0 Å². The summed E-state index contributed by atoms with van der Waals surface area (Å²) < 4.78 is 0. The predicted molar refractivity (Wildman–Crippen MR) is 86.2 cm³/mol. The smallest absolute Gasteiger partial charge is 0.0613 e. The fraction of sp³-hybridized carbons (Fsp3) is 1.00. The molecule has 3 N–H and O–H groups in total. The molecule has 21 heavy (non-hydrogen) atoms. The second-order valence-corrected chi connectivity index (χ2v) is 7.58. The Morgan fingerprint density at radius 2 is 1.71 bits per heavy atom. The molecule has 0 aromatic carbocycles. The number of nitrogens with zero attached hydrogens (tertiary/aromatic N) is 2. The van der Waals surface area contributed by atoms with E-state index in [1.807, 2.05) is 0 Å². The van der Waals surface area contributed by atoms with Gasteiger partial charge < -0.3 is 15.7 Å². The molecule has 3 aliphatic rings. The van der Waals surface area contributed by atoms with Crippen LogP contribution in [0.1, 0.15) is 51.4 Å². The summed E-state index contributed by atoms with van der Waals surface area (Å²) in [5, 5.41) is 9.54. The second-order valence-electron chi connectivity index (χ2n) is 7.58. The standard InChI is InChI=1S/C17H33N3O/c18-17(14-21)8-3-4-15(17)7-9-19-10-12-20(13-11-19)16-5-1-2-6-16/h15-16,21H,1-14,18H2. The highest BCUT2D eigenvalue weighted by atomic mass is 16.3. The largest absolute Gasteiger partial charge is 0.394 e. The van der Waals surface area contributed by atoms with Gasteiger partial charge in [-0.3, -0.25) is 4.90 Å². The lowest BCUT2D eigenvalue weighted by Gasteiger charge is -2.39. The van der Waals surface area contributed by atoms with Gasteiger partial charge in [-0.1, -0.05) is 19.3 Å². The van der Waals surface area contributed by atoms with E-state index < -0.39 is 0 Å². The maximum absolute atomic E-state index is 9.54. The maximum Gasteiger partial charge on any atom is 0.0613 e. The normalized spacial score (nSPS) is 36.6. The molecule has 2 atom stereocenters. The number of rotatable bonds is 5. The molecule has 0 spiro atoms. The quantitative estimate of drug-likeness (QED) is 0.805. The fourth-order valence-electron chi connectivity index (χ4n) is 4.77. The summed E-state index contributed by atoms with van der Waals surface area (Å²) in [6.45, 7) is 6.28. The van der Waals surface area contributed by atoms with Crippen LogP contribution < -0.4 is 5.73 Å². The number of piperazine rings is 1. The van der Waals surface area contributed by atoms with Crippen molar-refractivity contribution in [3.63, 3.8) is 0 Å². The number of aliphatic hydroxyl groups is 1. The van der Waals surface area contributed by atoms with Crippen molar-refractivity contribution >= 4 is 0 Å². The average molecular weight is 295 g/mol. The van der Waals surface area contributed by atoms with E-state index in [0.717, 1.165) is 12.5 Å².